The summed E-state index contributed by atoms with van der Waals surface area (Å²) in [6, 6.07) is 13.5. The van der Waals surface area contributed by atoms with Gasteiger partial charge in [0.05, 0.1) is 4.90 Å². The Balaban J connectivity index is 1.73. The summed E-state index contributed by atoms with van der Waals surface area (Å²) >= 11 is 6.99. The minimum Gasteiger partial charge on any atom is -0.480 e. The quantitative estimate of drug-likeness (QED) is 0.408. The Morgan fingerprint density at radius 1 is 1.13 bits per heavy atom. The molecule has 4 aromatic rings. The number of thiophene rings is 1. The molecule has 9 heteroatoms. The van der Waals surface area contributed by atoms with Gasteiger partial charge in [-0.25, -0.2) is 12.8 Å². The minimum absolute atomic E-state index is 0.154. The maximum absolute atomic E-state index is 13.9. The van der Waals surface area contributed by atoms with Gasteiger partial charge in [0.15, 0.2) is 0 Å². The predicted octanol–water partition coefficient (Wildman–Crippen LogP) is 5.31. The molecule has 0 aliphatic rings. The molecule has 0 spiro atoms. The molecule has 1 N–H and O–H groups in total. The summed E-state index contributed by atoms with van der Waals surface area (Å²) in [5, 5.41) is 10.3. The summed E-state index contributed by atoms with van der Waals surface area (Å²) < 4.78 is 41.6. The maximum atomic E-state index is 13.9. The molecule has 0 unspecified atom stereocenters. The van der Waals surface area contributed by atoms with E-state index in [1.807, 2.05) is 0 Å². The zero-order chi connectivity index (χ0) is 22.3. The summed E-state index contributed by atoms with van der Waals surface area (Å²) in [5.41, 5.74) is 2.11. The molecule has 0 fully saturated rings. The fourth-order valence-electron chi connectivity index (χ4n) is 3.59. The Morgan fingerprint density at radius 2 is 1.84 bits per heavy atom. The van der Waals surface area contributed by atoms with Gasteiger partial charge in [0.2, 0.25) is 9.84 Å². The molecule has 4 rings (SSSR count). The van der Waals surface area contributed by atoms with Crippen LogP contribution in [-0.2, 0) is 27.6 Å². The Labute approximate surface area is 187 Å². The van der Waals surface area contributed by atoms with Crippen molar-refractivity contribution < 1.29 is 22.7 Å². The van der Waals surface area contributed by atoms with Crippen molar-refractivity contribution in [1.29, 1.82) is 0 Å². The topological polar surface area (TPSA) is 76.4 Å². The molecule has 2 aromatic carbocycles. The first-order chi connectivity index (χ1) is 14.7. The van der Waals surface area contributed by atoms with E-state index in [2.05, 4.69) is 0 Å². The van der Waals surface area contributed by atoms with E-state index >= 15 is 0 Å². The van der Waals surface area contributed by atoms with Crippen molar-refractivity contribution in [3.05, 3.63) is 81.6 Å². The molecular formula is C22H17ClFNO4S2. The summed E-state index contributed by atoms with van der Waals surface area (Å²) in [5.74, 6) is -1.42. The number of carbonyl (C=O) groups is 1. The normalized spacial score (nSPS) is 11.8. The number of nitrogens with zero attached hydrogens (tertiary/aromatic N) is 1. The zero-order valence-electron chi connectivity index (χ0n) is 16.3. The van der Waals surface area contributed by atoms with Crippen LogP contribution in [0.3, 0.4) is 0 Å². The number of benzene rings is 2. The maximum Gasteiger partial charge on any atom is 0.323 e. The highest BCUT2D eigenvalue weighted by Gasteiger charge is 2.22. The minimum atomic E-state index is -3.68. The molecule has 5 nitrogen and oxygen atoms in total. The van der Waals surface area contributed by atoms with Gasteiger partial charge in [-0.15, -0.1) is 11.3 Å². The molecule has 0 bridgehead atoms. The third-order valence-corrected chi connectivity index (χ3v) is 8.68. The largest absolute Gasteiger partial charge is 0.480 e. The van der Waals surface area contributed by atoms with Crippen LogP contribution in [0, 0.1) is 12.7 Å². The van der Waals surface area contributed by atoms with E-state index in [4.69, 9.17) is 11.6 Å². The molecule has 160 valence electrons. The molecule has 0 radical (unpaired) electrons. The SMILES string of the molecule is Cc1c(Cc2ccc(S(=O)(=O)c3ccc(Cl)cc3)s2)c2cc(F)ccc2n1CC(=O)O. The second-order valence-electron chi connectivity index (χ2n) is 7.06. The van der Waals surface area contributed by atoms with Gasteiger partial charge >= 0.3 is 5.97 Å². The van der Waals surface area contributed by atoms with Crippen LogP contribution in [0.1, 0.15) is 16.1 Å². The molecule has 2 heterocycles. The van der Waals surface area contributed by atoms with E-state index in [1.165, 1.54) is 36.4 Å². The lowest BCUT2D eigenvalue weighted by Crippen LogP contribution is -2.10. The first kappa shape index (κ1) is 21.5. The molecule has 0 saturated heterocycles. The Kier molecular flexibility index (Phi) is 5.63. The smallest absolute Gasteiger partial charge is 0.323 e. The first-order valence-electron chi connectivity index (χ1n) is 9.25. The van der Waals surface area contributed by atoms with Crippen molar-refractivity contribution in [2.45, 2.75) is 29.0 Å². The molecule has 0 aliphatic heterocycles. The van der Waals surface area contributed by atoms with Crippen LogP contribution in [0.2, 0.25) is 5.02 Å². The van der Waals surface area contributed by atoms with Gasteiger partial charge < -0.3 is 9.67 Å². The Morgan fingerprint density at radius 3 is 2.52 bits per heavy atom. The number of hydrogen-bond donors (Lipinski definition) is 1. The molecule has 2 aromatic heterocycles. The fourth-order valence-corrected chi connectivity index (χ4v) is 6.48. The van der Waals surface area contributed by atoms with Crippen LogP contribution in [-0.4, -0.2) is 24.1 Å². The second kappa shape index (κ2) is 8.11. The highest BCUT2D eigenvalue weighted by atomic mass is 35.5. The van der Waals surface area contributed by atoms with Gasteiger partial charge in [0.1, 0.15) is 16.6 Å². The average Bonchev–Trinajstić information content (AvgIpc) is 3.28. The lowest BCUT2D eigenvalue weighted by Gasteiger charge is -2.05. The zero-order valence-corrected chi connectivity index (χ0v) is 18.7. The van der Waals surface area contributed by atoms with Crippen molar-refractivity contribution in [3.8, 4) is 0 Å². The molecule has 0 saturated carbocycles. The number of halogens is 2. The van der Waals surface area contributed by atoms with Crippen molar-refractivity contribution in [1.82, 2.24) is 4.57 Å². The number of aromatic nitrogens is 1. The van der Waals surface area contributed by atoms with Gasteiger partial charge in [-0.3, -0.25) is 4.79 Å². The van der Waals surface area contributed by atoms with Crippen molar-refractivity contribution in [2.75, 3.05) is 0 Å². The van der Waals surface area contributed by atoms with Crippen LogP contribution in [0.15, 0.2) is 63.7 Å². The van der Waals surface area contributed by atoms with Gasteiger partial charge in [-0.05, 0) is 67.1 Å². The van der Waals surface area contributed by atoms with E-state index in [9.17, 15) is 22.7 Å². The highest BCUT2D eigenvalue weighted by Crippen LogP contribution is 2.33. The number of rotatable bonds is 6. The number of sulfone groups is 1. The number of fused-ring (bicyclic) bond motifs is 1. The lowest BCUT2D eigenvalue weighted by molar-refractivity contribution is -0.137. The van der Waals surface area contributed by atoms with E-state index < -0.39 is 21.6 Å². The Hall–Kier alpha value is -2.68. The van der Waals surface area contributed by atoms with E-state index in [-0.39, 0.29) is 15.6 Å². The van der Waals surface area contributed by atoms with Crippen molar-refractivity contribution >= 4 is 49.6 Å². The number of carboxylic acids is 1. The van der Waals surface area contributed by atoms with Crippen molar-refractivity contribution in [3.63, 3.8) is 0 Å². The predicted molar refractivity (Wildman–Crippen MR) is 118 cm³/mol. The van der Waals surface area contributed by atoms with Gasteiger partial charge in [-0.1, -0.05) is 11.6 Å². The van der Waals surface area contributed by atoms with Gasteiger partial charge in [0.25, 0.3) is 0 Å². The average molecular weight is 478 g/mol. The fraction of sp³-hybridized carbons (Fsp3) is 0.136. The third-order valence-electron chi connectivity index (χ3n) is 5.09. The number of hydrogen-bond acceptors (Lipinski definition) is 4. The van der Waals surface area contributed by atoms with Crippen LogP contribution in [0.25, 0.3) is 10.9 Å². The van der Waals surface area contributed by atoms with Crippen LogP contribution in [0.4, 0.5) is 4.39 Å². The number of aliphatic carboxylic acids is 1. The second-order valence-corrected chi connectivity index (χ2v) is 10.8. The summed E-state index contributed by atoms with van der Waals surface area (Å²) in [7, 11) is -3.68. The first-order valence-corrected chi connectivity index (χ1v) is 11.9. The van der Waals surface area contributed by atoms with E-state index in [1.54, 1.807) is 29.7 Å². The third kappa shape index (κ3) is 4.11. The summed E-state index contributed by atoms with van der Waals surface area (Å²) in [4.78, 5) is 12.2. The van der Waals surface area contributed by atoms with Gasteiger partial charge in [0, 0.05) is 32.9 Å². The molecule has 0 atom stereocenters. The summed E-state index contributed by atoms with van der Waals surface area (Å²) in [6.45, 7) is 1.55. The van der Waals surface area contributed by atoms with E-state index in [0.717, 1.165) is 21.8 Å². The van der Waals surface area contributed by atoms with Gasteiger partial charge in [-0.2, -0.15) is 0 Å². The molecule has 31 heavy (non-hydrogen) atoms. The van der Waals surface area contributed by atoms with Crippen LogP contribution < -0.4 is 0 Å². The van der Waals surface area contributed by atoms with Crippen LogP contribution >= 0.6 is 22.9 Å². The monoisotopic (exact) mass is 477 g/mol. The van der Waals surface area contributed by atoms with Crippen molar-refractivity contribution in [2.24, 2.45) is 0 Å². The van der Waals surface area contributed by atoms with E-state index in [0.29, 0.717) is 28.0 Å². The standard InChI is InChI=1S/C22H17ClFNO4S2/c1-13-18(19-10-15(24)4-8-20(19)25(13)12-21(26)27)11-16-5-9-22(30-16)31(28,29)17-6-2-14(23)3-7-17/h2-10H,11-12H2,1H3,(H,26,27). The lowest BCUT2D eigenvalue weighted by atomic mass is 10.1. The highest BCUT2D eigenvalue weighted by molar-refractivity contribution is 7.93. The molecular weight excluding hydrogens is 461 g/mol. The molecule has 0 aliphatic carbocycles. The Bertz CT molecular complexity index is 1410. The van der Waals surface area contributed by atoms with Crippen LogP contribution in [0.5, 0.6) is 0 Å². The summed E-state index contributed by atoms with van der Waals surface area (Å²) in [6.07, 6.45) is 0.360. The molecule has 0 amide bonds. The number of carboxylic acid groups (broad SMARTS) is 1.